The maximum absolute atomic E-state index is 13.6. The smallest absolute Gasteiger partial charge is 0.225 e. The van der Waals surface area contributed by atoms with Crippen LogP contribution in [0.4, 0.5) is 9.52 Å². The van der Waals surface area contributed by atoms with Gasteiger partial charge in [-0.05, 0) is 24.6 Å². The molecule has 1 N–H and O–H groups in total. The summed E-state index contributed by atoms with van der Waals surface area (Å²) in [5, 5.41) is 6.13. The normalized spacial score (nSPS) is 18.3. The molecule has 1 aromatic heterocycles. The molecule has 0 bridgehead atoms. The molecule has 1 aliphatic rings. The highest BCUT2D eigenvalue weighted by Gasteiger charge is 2.25. The van der Waals surface area contributed by atoms with E-state index in [1.165, 1.54) is 17.4 Å². The molecular weight excluding hydrogens is 339 g/mol. The van der Waals surface area contributed by atoms with Crippen molar-refractivity contribution < 1.29 is 9.18 Å². The molecule has 1 aliphatic heterocycles. The molecule has 0 radical (unpaired) electrons. The second kappa shape index (κ2) is 8.03. The summed E-state index contributed by atoms with van der Waals surface area (Å²) in [7, 11) is 0. The highest BCUT2D eigenvalue weighted by Crippen LogP contribution is 2.27. The molecule has 1 amide bonds. The number of anilines is 1. The largest absolute Gasteiger partial charge is 0.314 e. The van der Waals surface area contributed by atoms with Crippen LogP contribution >= 0.6 is 11.3 Å². The fraction of sp³-hybridized carbons (Fsp3) is 0.444. The number of aromatic nitrogens is 1. The van der Waals surface area contributed by atoms with Gasteiger partial charge in [0.2, 0.25) is 5.91 Å². The molecule has 5 nitrogen and oxygen atoms in total. The van der Waals surface area contributed by atoms with Crippen molar-refractivity contribution in [2.45, 2.75) is 26.4 Å². The van der Waals surface area contributed by atoms with Gasteiger partial charge in [0, 0.05) is 51.1 Å². The van der Waals surface area contributed by atoms with Crippen LogP contribution in [0.3, 0.4) is 0 Å². The van der Waals surface area contributed by atoms with Gasteiger partial charge in [-0.1, -0.05) is 12.1 Å². The van der Waals surface area contributed by atoms with Gasteiger partial charge in [-0.15, -0.1) is 11.3 Å². The number of amides is 1. The molecule has 1 atom stereocenters. The number of nitrogens with one attached hydrogen (secondary N) is 1. The zero-order valence-corrected chi connectivity index (χ0v) is 15.4. The Morgan fingerprint density at radius 2 is 2.36 bits per heavy atom. The van der Waals surface area contributed by atoms with Crippen LogP contribution in [-0.4, -0.2) is 42.0 Å². The molecule has 1 aromatic carbocycles. The Hall–Kier alpha value is -1.83. The van der Waals surface area contributed by atoms with Gasteiger partial charge >= 0.3 is 0 Å². The summed E-state index contributed by atoms with van der Waals surface area (Å²) >= 11 is 1.49. The van der Waals surface area contributed by atoms with E-state index in [2.05, 4.69) is 15.2 Å². The number of hydrogen-bond acceptors (Lipinski definition) is 5. The standard InChI is InChI=1S/C18H23FN4OS/c1-3-23(13(2)24)18-21-16(12-25-18)11-22-8-7-20-10-17(22)14-5-4-6-15(19)9-14/h4-6,9,12,17,20H,3,7-8,10-11H2,1-2H3. The maximum atomic E-state index is 13.6. The van der Waals surface area contributed by atoms with Crippen LogP contribution in [0.2, 0.25) is 0 Å². The third-order valence-electron chi connectivity index (χ3n) is 4.42. The number of thiazole rings is 1. The first kappa shape index (κ1) is 18.0. The average Bonchev–Trinajstić information content (AvgIpc) is 3.04. The number of carbonyl (C=O) groups excluding carboxylic acids is 1. The topological polar surface area (TPSA) is 48.5 Å². The van der Waals surface area contributed by atoms with E-state index >= 15 is 0 Å². The Kier molecular flexibility index (Phi) is 5.78. The lowest BCUT2D eigenvalue weighted by Gasteiger charge is -2.36. The quantitative estimate of drug-likeness (QED) is 0.889. The second-order valence-corrected chi connectivity index (χ2v) is 6.97. The summed E-state index contributed by atoms with van der Waals surface area (Å²) in [6.07, 6.45) is 0. The van der Waals surface area contributed by atoms with Gasteiger partial charge in [0.15, 0.2) is 5.13 Å². The van der Waals surface area contributed by atoms with Crippen molar-refractivity contribution in [1.29, 1.82) is 0 Å². The molecule has 134 valence electrons. The molecule has 1 saturated heterocycles. The third-order valence-corrected chi connectivity index (χ3v) is 5.33. The van der Waals surface area contributed by atoms with Crippen molar-refractivity contribution >= 4 is 22.4 Å². The monoisotopic (exact) mass is 362 g/mol. The van der Waals surface area contributed by atoms with E-state index in [0.717, 1.165) is 36.0 Å². The number of halogens is 1. The predicted octanol–water partition coefficient (Wildman–Crippen LogP) is 2.80. The van der Waals surface area contributed by atoms with E-state index < -0.39 is 0 Å². The highest BCUT2D eigenvalue weighted by molar-refractivity contribution is 7.14. The van der Waals surface area contributed by atoms with Gasteiger partial charge in [-0.25, -0.2) is 9.37 Å². The van der Waals surface area contributed by atoms with Crippen molar-refractivity contribution in [2.24, 2.45) is 0 Å². The number of piperazine rings is 1. The molecule has 2 heterocycles. The van der Waals surface area contributed by atoms with E-state index in [-0.39, 0.29) is 17.8 Å². The van der Waals surface area contributed by atoms with Gasteiger partial charge in [0.25, 0.3) is 0 Å². The molecule has 1 unspecified atom stereocenters. The van der Waals surface area contributed by atoms with Crippen LogP contribution in [0.25, 0.3) is 0 Å². The third kappa shape index (κ3) is 4.23. The Bertz CT molecular complexity index is 735. The second-order valence-electron chi connectivity index (χ2n) is 6.13. The van der Waals surface area contributed by atoms with Gasteiger partial charge in [0.1, 0.15) is 5.82 Å². The number of rotatable bonds is 5. The van der Waals surface area contributed by atoms with Gasteiger partial charge in [0.05, 0.1) is 5.69 Å². The van der Waals surface area contributed by atoms with E-state index in [1.807, 2.05) is 18.4 Å². The minimum Gasteiger partial charge on any atom is -0.314 e. The fourth-order valence-corrected chi connectivity index (χ4v) is 4.10. The lowest BCUT2D eigenvalue weighted by Crippen LogP contribution is -2.45. The fourth-order valence-electron chi connectivity index (χ4n) is 3.17. The Labute approximate surface area is 151 Å². The van der Waals surface area contributed by atoms with E-state index in [9.17, 15) is 9.18 Å². The average molecular weight is 362 g/mol. The minimum absolute atomic E-state index is 0.00297. The van der Waals surface area contributed by atoms with E-state index in [4.69, 9.17) is 0 Å². The van der Waals surface area contributed by atoms with Crippen LogP contribution < -0.4 is 10.2 Å². The molecule has 7 heteroatoms. The number of benzene rings is 1. The predicted molar refractivity (Wildman–Crippen MR) is 98.2 cm³/mol. The zero-order valence-electron chi connectivity index (χ0n) is 14.5. The number of nitrogens with zero attached hydrogens (tertiary/aromatic N) is 3. The summed E-state index contributed by atoms with van der Waals surface area (Å²) in [4.78, 5) is 20.3. The van der Waals surface area contributed by atoms with Crippen molar-refractivity contribution in [2.75, 3.05) is 31.1 Å². The van der Waals surface area contributed by atoms with Gasteiger partial charge in [-0.3, -0.25) is 14.6 Å². The summed E-state index contributed by atoms with van der Waals surface area (Å²) < 4.78 is 13.6. The minimum atomic E-state index is -0.209. The molecule has 25 heavy (non-hydrogen) atoms. The highest BCUT2D eigenvalue weighted by atomic mass is 32.1. The molecular formula is C18H23FN4OS. The molecule has 0 saturated carbocycles. The Morgan fingerprint density at radius 1 is 1.52 bits per heavy atom. The first-order valence-corrected chi connectivity index (χ1v) is 9.39. The van der Waals surface area contributed by atoms with Crippen molar-refractivity contribution in [3.05, 3.63) is 46.7 Å². The maximum Gasteiger partial charge on any atom is 0.225 e. The van der Waals surface area contributed by atoms with Crippen molar-refractivity contribution in [1.82, 2.24) is 15.2 Å². The molecule has 1 fully saturated rings. The van der Waals surface area contributed by atoms with Crippen molar-refractivity contribution in [3.63, 3.8) is 0 Å². The Morgan fingerprint density at radius 3 is 3.08 bits per heavy atom. The van der Waals surface area contributed by atoms with Crippen LogP contribution in [0, 0.1) is 5.82 Å². The van der Waals surface area contributed by atoms with Crippen LogP contribution in [-0.2, 0) is 11.3 Å². The first-order chi connectivity index (χ1) is 12.1. The van der Waals surface area contributed by atoms with E-state index in [0.29, 0.717) is 13.1 Å². The molecule has 0 aliphatic carbocycles. The van der Waals surface area contributed by atoms with E-state index in [1.54, 1.807) is 24.0 Å². The van der Waals surface area contributed by atoms with Crippen LogP contribution in [0.15, 0.2) is 29.6 Å². The van der Waals surface area contributed by atoms with Crippen LogP contribution in [0.5, 0.6) is 0 Å². The summed E-state index contributed by atoms with van der Waals surface area (Å²) in [6.45, 7) is 7.36. The van der Waals surface area contributed by atoms with Gasteiger partial charge < -0.3 is 5.32 Å². The number of carbonyl (C=O) groups is 1. The van der Waals surface area contributed by atoms with Crippen molar-refractivity contribution in [3.8, 4) is 0 Å². The lowest BCUT2D eigenvalue weighted by atomic mass is 10.0. The van der Waals surface area contributed by atoms with Crippen LogP contribution in [0.1, 0.15) is 31.1 Å². The SMILES string of the molecule is CCN(C(C)=O)c1nc(CN2CCNCC2c2cccc(F)c2)cs1. The Balaban J connectivity index is 1.76. The summed E-state index contributed by atoms with van der Waals surface area (Å²) in [6, 6.07) is 6.91. The zero-order chi connectivity index (χ0) is 17.8. The summed E-state index contributed by atoms with van der Waals surface area (Å²) in [5.74, 6) is -0.206. The lowest BCUT2D eigenvalue weighted by molar-refractivity contribution is -0.116. The molecule has 3 rings (SSSR count). The number of hydrogen-bond donors (Lipinski definition) is 1. The first-order valence-electron chi connectivity index (χ1n) is 8.51. The van der Waals surface area contributed by atoms with Gasteiger partial charge in [-0.2, -0.15) is 0 Å². The molecule has 2 aromatic rings. The molecule has 0 spiro atoms. The summed E-state index contributed by atoms with van der Waals surface area (Å²) in [5.41, 5.74) is 1.92.